The van der Waals surface area contributed by atoms with E-state index in [-0.39, 0.29) is 11.8 Å². The second-order valence-corrected chi connectivity index (χ2v) is 6.35. The Hall–Kier alpha value is -3.21. The van der Waals surface area contributed by atoms with Gasteiger partial charge in [-0.25, -0.2) is 0 Å². The third-order valence-corrected chi connectivity index (χ3v) is 4.60. The molecule has 3 rings (SSSR count). The van der Waals surface area contributed by atoms with Gasteiger partial charge in [0.2, 0.25) is 0 Å². The average Bonchev–Trinajstić information content (AvgIpc) is 2.71. The molecule has 0 saturated carbocycles. The largest absolute Gasteiger partial charge is 0.508 e. The highest BCUT2D eigenvalue weighted by molar-refractivity contribution is 5.87. The van der Waals surface area contributed by atoms with E-state index in [0.29, 0.717) is 18.3 Å². The summed E-state index contributed by atoms with van der Waals surface area (Å²) in [5.74, 6) is 1.59. The van der Waals surface area contributed by atoms with E-state index in [0.717, 1.165) is 5.56 Å². The Labute approximate surface area is 159 Å². The number of phenols is 1. The number of aromatic hydroxyl groups is 1. The predicted molar refractivity (Wildman–Crippen MR) is 110 cm³/mol. The molecule has 140 valence electrons. The highest BCUT2D eigenvalue weighted by Gasteiger charge is 2.11. The molecule has 5 nitrogen and oxygen atoms in total. The van der Waals surface area contributed by atoms with Crippen molar-refractivity contribution in [2.75, 3.05) is 14.2 Å². The Balaban J connectivity index is 1.72. The number of nitrogens with one attached hydrogen (secondary N) is 2. The molecule has 0 heterocycles. The van der Waals surface area contributed by atoms with Crippen LogP contribution in [-0.2, 0) is 6.54 Å². The maximum atomic E-state index is 10.0. The second kappa shape index (κ2) is 8.45. The Bertz CT molecular complexity index is 948. The number of benzene rings is 3. The number of guanidine groups is 1. The average molecular weight is 363 g/mol. The van der Waals surface area contributed by atoms with Crippen molar-refractivity contribution in [1.29, 1.82) is 0 Å². The third-order valence-electron chi connectivity index (χ3n) is 4.60. The molecule has 1 atom stereocenters. The van der Waals surface area contributed by atoms with Crippen LogP contribution in [0.1, 0.15) is 24.1 Å². The van der Waals surface area contributed by atoms with Crippen LogP contribution >= 0.6 is 0 Å². The fraction of sp³-hybridized carbons (Fsp3) is 0.227. The van der Waals surface area contributed by atoms with Crippen LogP contribution in [-0.4, -0.2) is 25.2 Å². The van der Waals surface area contributed by atoms with E-state index < -0.39 is 0 Å². The van der Waals surface area contributed by atoms with Gasteiger partial charge in [0.25, 0.3) is 0 Å². The molecule has 0 fully saturated rings. The summed E-state index contributed by atoms with van der Waals surface area (Å²) in [5.41, 5.74) is 1.95. The first-order valence-electron chi connectivity index (χ1n) is 8.93. The minimum absolute atomic E-state index is 0.0706. The van der Waals surface area contributed by atoms with E-state index in [9.17, 15) is 5.11 Å². The fourth-order valence-electron chi connectivity index (χ4n) is 3.11. The number of hydrogen-bond acceptors (Lipinski definition) is 3. The van der Waals surface area contributed by atoms with Crippen molar-refractivity contribution >= 4 is 16.7 Å². The van der Waals surface area contributed by atoms with E-state index in [1.807, 2.05) is 12.1 Å². The van der Waals surface area contributed by atoms with Crippen molar-refractivity contribution < 1.29 is 9.84 Å². The van der Waals surface area contributed by atoms with Gasteiger partial charge in [-0.15, -0.1) is 0 Å². The van der Waals surface area contributed by atoms with Crippen LogP contribution < -0.4 is 15.4 Å². The lowest BCUT2D eigenvalue weighted by atomic mass is 10.00. The number of aliphatic imine (C=N–C) groups is 1. The summed E-state index contributed by atoms with van der Waals surface area (Å²) >= 11 is 0. The van der Waals surface area contributed by atoms with Crippen LogP contribution in [0, 0.1) is 0 Å². The summed E-state index contributed by atoms with van der Waals surface area (Å²) in [7, 11) is 3.34. The minimum Gasteiger partial charge on any atom is -0.508 e. The van der Waals surface area contributed by atoms with Crippen molar-refractivity contribution in [2.24, 2.45) is 4.99 Å². The summed E-state index contributed by atoms with van der Waals surface area (Å²) in [6, 6.07) is 19.9. The smallest absolute Gasteiger partial charge is 0.191 e. The first-order chi connectivity index (χ1) is 13.1. The lowest BCUT2D eigenvalue weighted by molar-refractivity contribution is 0.410. The number of nitrogens with zero attached hydrogens (tertiary/aromatic N) is 1. The number of fused-ring (bicyclic) bond motifs is 1. The van der Waals surface area contributed by atoms with Gasteiger partial charge in [0.1, 0.15) is 11.5 Å². The molecule has 0 saturated heterocycles. The maximum Gasteiger partial charge on any atom is 0.191 e. The SMILES string of the molecule is CN=C(NCc1cc(OC)ccc1O)NC(C)c1cccc2ccccc12. The minimum atomic E-state index is 0.0706. The molecule has 3 N–H and O–H groups in total. The summed E-state index contributed by atoms with van der Waals surface area (Å²) in [6.45, 7) is 2.54. The van der Waals surface area contributed by atoms with Gasteiger partial charge in [-0.2, -0.15) is 0 Å². The number of hydrogen-bond donors (Lipinski definition) is 3. The molecule has 3 aromatic rings. The van der Waals surface area contributed by atoms with Gasteiger partial charge in [-0.3, -0.25) is 4.99 Å². The van der Waals surface area contributed by atoms with Gasteiger partial charge in [0, 0.05) is 19.2 Å². The molecule has 27 heavy (non-hydrogen) atoms. The highest BCUT2D eigenvalue weighted by atomic mass is 16.5. The highest BCUT2D eigenvalue weighted by Crippen LogP contribution is 2.24. The zero-order valence-electron chi connectivity index (χ0n) is 15.9. The Kier molecular flexibility index (Phi) is 5.81. The van der Waals surface area contributed by atoms with Crippen molar-refractivity contribution in [3.05, 3.63) is 71.8 Å². The molecule has 0 aliphatic rings. The number of rotatable bonds is 5. The van der Waals surface area contributed by atoms with Crippen molar-refractivity contribution in [3.8, 4) is 11.5 Å². The molecule has 0 bridgehead atoms. The maximum absolute atomic E-state index is 10.0. The number of phenolic OH excluding ortho intramolecular Hbond substituents is 1. The zero-order valence-corrected chi connectivity index (χ0v) is 15.9. The molecule has 3 aromatic carbocycles. The van der Waals surface area contributed by atoms with Crippen molar-refractivity contribution in [3.63, 3.8) is 0 Å². The van der Waals surface area contributed by atoms with Gasteiger partial charge in [0.15, 0.2) is 5.96 Å². The predicted octanol–water partition coefficient (Wildman–Crippen LogP) is 3.98. The normalized spacial score (nSPS) is 12.6. The van der Waals surface area contributed by atoms with E-state index in [1.54, 1.807) is 26.3 Å². The summed E-state index contributed by atoms with van der Waals surface area (Å²) in [4.78, 5) is 4.30. The molecular formula is C22H25N3O2. The van der Waals surface area contributed by atoms with Gasteiger partial charge in [-0.05, 0) is 41.5 Å². The Morgan fingerprint density at radius 2 is 1.89 bits per heavy atom. The van der Waals surface area contributed by atoms with Gasteiger partial charge in [-0.1, -0.05) is 42.5 Å². The molecule has 0 spiro atoms. The van der Waals surface area contributed by atoms with Crippen LogP contribution in [0.3, 0.4) is 0 Å². The van der Waals surface area contributed by atoms with Gasteiger partial charge in [0.05, 0.1) is 13.2 Å². The molecular weight excluding hydrogens is 338 g/mol. The number of ether oxygens (including phenoxy) is 1. The quantitative estimate of drug-likeness (QED) is 0.474. The first kappa shape index (κ1) is 18.6. The van der Waals surface area contributed by atoms with Crippen LogP contribution in [0.15, 0.2) is 65.7 Å². The van der Waals surface area contributed by atoms with Crippen molar-refractivity contribution in [2.45, 2.75) is 19.5 Å². The van der Waals surface area contributed by atoms with E-state index in [1.165, 1.54) is 16.3 Å². The van der Waals surface area contributed by atoms with E-state index in [2.05, 4.69) is 58.9 Å². The van der Waals surface area contributed by atoms with Crippen LogP contribution in [0.25, 0.3) is 10.8 Å². The van der Waals surface area contributed by atoms with Gasteiger partial charge >= 0.3 is 0 Å². The Morgan fingerprint density at radius 3 is 2.67 bits per heavy atom. The molecule has 0 radical (unpaired) electrons. The van der Waals surface area contributed by atoms with Crippen LogP contribution in [0.5, 0.6) is 11.5 Å². The van der Waals surface area contributed by atoms with Crippen molar-refractivity contribution in [1.82, 2.24) is 10.6 Å². The van der Waals surface area contributed by atoms with E-state index in [4.69, 9.17) is 4.74 Å². The van der Waals surface area contributed by atoms with Gasteiger partial charge < -0.3 is 20.5 Å². The van der Waals surface area contributed by atoms with Crippen LogP contribution in [0.4, 0.5) is 0 Å². The van der Waals surface area contributed by atoms with Crippen LogP contribution in [0.2, 0.25) is 0 Å². The van der Waals surface area contributed by atoms with E-state index >= 15 is 0 Å². The summed E-state index contributed by atoms with van der Waals surface area (Å²) in [6.07, 6.45) is 0. The molecule has 0 amide bonds. The molecule has 0 aromatic heterocycles. The zero-order chi connectivity index (χ0) is 19.2. The topological polar surface area (TPSA) is 65.9 Å². The lowest BCUT2D eigenvalue weighted by Gasteiger charge is -2.20. The monoisotopic (exact) mass is 363 g/mol. The second-order valence-electron chi connectivity index (χ2n) is 6.35. The summed E-state index contributed by atoms with van der Waals surface area (Å²) in [5, 5.41) is 19.1. The summed E-state index contributed by atoms with van der Waals surface area (Å²) < 4.78 is 5.22. The third kappa shape index (κ3) is 4.31. The molecule has 1 unspecified atom stereocenters. The number of methoxy groups -OCH3 is 1. The lowest BCUT2D eigenvalue weighted by Crippen LogP contribution is -2.38. The molecule has 5 heteroatoms. The first-order valence-corrected chi connectivity index (χ1v) is 8.93. The Morgan fingerprint density at radius 1 is 1.11 bits per heavy atom. The fourth-order valence-corrected chi connectivity index (χ4v) is 3.11. The molecule has 0 aliphatic heterocycles. The molecule has 0 aliphatic carbocycles. The standard InChI is InChI=1S/C22H25N3O2/c1-15(19-10-6-8-16-7-4-5-9-20(16)19)25-22(23-2)24-14-17-13-18(27-3)11-12-21(17)26/h4-13,15,26H,14H2,1-3H3,(H2,23,24,25).